The van der Waals surface area contributed by atoms with Crippen LogP contribution in [0.2, 0.25) is 0 Å². The molecule has 3 aromatic rings. The number of hydrogen-bond donors (Lipinski definition) is 0. The Kier molecular flexibility index (Phi) is 3.49. The topological polar surface area (TPSA) is 40.8 Å². The zero-order valence-electron chi connectivity index (χ0n) is 13.9. The van der Waals surface area contributed by atoms with Gasteiger partial charge in [0, 0.05) is 38.2 Å². The molecule has 1 aliphatic heterocycles. The van der Waals surface area contributed by atoms with Crippen molar-refractivity contribution in [2.24, 2.45) is 0 Å². The number of carbonyl (C=O) groups is 1. The van der Waals surface area contributed by atoms with Crippen molar-refractivity contribution >= 4 is 22.9 Å². The molecule has 1 aromatic carbocycles. The molecule has 5 heteroatoms. The summed E-state index contributed by atoms with van der Waals surface area (Å²) in [5, 5.41) is 0. The molecule has 0 saturated heterocycles. The summed E-state index contributed by atoms with van der Waals surface area (Å²) < 4.78 is 1.88. The van der Waals surface area contributed by atoms with Crippen LogP contribution in [-0.4, -0.2) is 34.9 Å². The maximum atomic E-state index is 13.3. The van der Waals surface area contributed by atoms with Crippen LogP contribution in [0.15, 0.2) is 55.0 Å². The van der Waals surface area contributed by atoms with Crippen molar-refractivity contribution in [2.75, 3.05) is 23.4 Å². The maximum absolute atomic E-state index is 13.3. The number of rotatable bonds is 1. The highest BCUT2D eigenvalue weighted by molar-refractivity contribution is 6.08. The molecule has 1 aliphatic rings. The first-order chi connectivity index (χ1) is 11.6. The normalized spacial score (nSPS) is 17.7. The van der Waals surface area contributed by atoms with Crippen molar-refractivity contribution in [3.8, 4) is 0 Å². The van der Waals surface area contributed by atoms with Crippen molar-refractivity contribution in [1.29, 1.82) is 0 Å². The molecule has 0 N–H and O–H groups in total. The molecule has 0 bridgehead atoms. The molecule has 0 spiro atoms. The van der Waals surface area contributed by atoms with Crippen LogP contribution < -0.4 is 9.80 Å². The third kappa shape index (κ3) is 2.33. The number of amides is 1. The van der Waals surface area contributed by atoms with Crippen molar-refractivity contribution in [3.05, 3.63) is 60.6 Å². The second-order valence-electron chi connectivity index (χ2n) is 6.33. The van der Waals surface area contributed by atoms with E-state index in [4.69, 9.17) is 0 Å². The predicted octanol–water partition coefficient (Wildman–Crippen LogP) is 3.21. The van der Waals surface area contributed by atoms with Gasteiger partial charge in [0.25, 0.3) is 5.91 Å². The molecule has 0 unspecified atom stereocenters. The lowest BCUT2D eigenvalue weighted by Crippen LogP contribution is -2.38. The van der Waals surface area contributed by atoms with E-state index >= 15 is 0 Å². The number of nitrogens with zero attached hydrogens (tertiary/aromatic N) is 4. The van der Waals surface area contributed by atoms with Gasteiger partial charge < -0.3 is 14.2 Å². The summed E-state index contributed by atoms with van der Waals surface area (Å²) in [5.74, 6) is 0.0286. The van der Waals surface area contributed by atoms with Crippen LogP contribution in [0.4, 0.5) is 11.4 Å². The highest BCUT2D eigenvalue weighted by Crippen LogP contribution is 2.34. The molecular formula is C19H20N4O. The number of hydrogen-bond acceptors (Lipinski definition) is 3. The van der Waals surface area contributed by atoms with Gasteiger partial charge in [-0.3, -0.25) is 4.79 Å². The largest absolute Gasteiger partial charge is 0.373 e. The lowest BCUT2D eigenvalue weighted by atomic mass is 10.1. The minimum absolute atomic E-state index is 0.0286. The van der Waals surface area contributed by atoms with E-state index in [-0.39, 0.29) is 11.9 Å². The van der Waals surface area contributed by atoms with E-state index in [1.165, 1.54) is 0 Å². The predicted molar refractivity (Wildman–Crippen MR) is 95.8 cm³/mol. The number of anilines is 2. The zero-order valence-corrected chi connectivity index (χ0v) is 13.9. The fourth-order valence-electron chi connectivity index (χ4n) is 3.35. The molecule has 0 aliphatic carbocycles. The zero-order chi connectivity index (χ0) is 16.7. The third-order valence-corrected chi connectivity index (χ3v) is 4.73. The molecule has 2 aromatic heterocycles. The second kappa shape index (κ2) is 5.67. The van der Waals surface area contributed by atoms with Crippen molar-refractivity contribution in [2.45, 2.75) is 19.4 Å². The molecular weight excluding hydrogens is 300 g/mol. The summed E-state index contributed by atoms with van der Waals surface area (Å²) in [5.41, 5.74) is 3.59. The standard InChI is InChI=1S/C19H20N4O/c1-14-9-11-21(2)16-5-3-4-6-17(16)23(14)19(24)15-7-8-18-20-10-12-22(18)13-15/h3-8,10,12-14H,9,11H2,1-2H3/t14-/m1/s1. The van der Waals surface area contributed by atoms with Crippen LogP contribution >= 0.6 is 0 Å². The average Bonchev–Trinajstić information content (AvgIpc) is 3.03. The lowest BCUT2D eigenvalue weighted by molar-refractivity contribution is 0.0978. The minimum atomic E-state index is 0.0286. The summed E-state index contributed by atoms with van der Waals surface area (Å²) in [6.07, 6.45) is 6.39. The SMILES string of the molecule is C[C@@H]1CCN(C)c2ccccc2N1C(=O)c1ccc2nccn2c1. The quantitative estimate of drug-likeness (QED) is 0.691. The first-order valence-corrected chi connectivity index (χ1v) is 8.21. The number of carbonyl (C=O) groups excluding carboxylic acids is 1. The second-order valence-corrected chi connectivity index (χ2v) is 6.33. The van der Waals surface area contributed by atoms with Gasteiger partial charge in [-0.1, -0.05) is 12.1 Å². The van der Waals surface area contributed by atoms with Crippen molar-refractivity contribution < 1.29 is 4.79 Å². The Labute approximate surface area is 141 Å². The van der Waals surface area contributed by atoms with Gasteiger partial charge in [0.1, 0.15) is 5.65 Å². The lowest BCUT2D eigenvalue weighted by Gasteiger charge is -2.28. The van der Waals surface area contributed by atoms with Crippen LogP contribution in [0, 0.1) is 0 Å². The molecule has 0 radical (unpaired) electrons. The molecule has 4 rings (SSSR count). The highest BCUT2D eigenvalue weighted by atomic mass is 16.2. The maximum Gasteiger partial charge on any atom is 0.260 e. The number of para-hydroxylation sites is 2. The summed E-state index contributed by atoms with van der Waals surface area (Å²) >= 11 is 0. The van der Waals surface area contributed by atoms with Gasteiger partial charge in [0.2, 0.25) is 0 Å². The Morgan fingerprint density at radius 1 is 1.17 bits per heavy atom. The van der Waals surface area contributed by atoms with E-state index in [2.05, 4.69) is 29.9 Å². The summed E-state index contributed by atoms with van der Waals surface area (Å²) in [7, 11) is 2.08. The van der Waals surface area contributed by atoms with Gasteiger partial charge >= 0.3 is 0 Å². The van der Waals surface area contributed by atoms with Crippen LogP contribution in [0.3, 0.4) is 0 Å². The Bertz CT molecular complexity index is 901. The van der Waals surface area contributed by atoms with Crippen LogP contribution in [-0.2, 0) is 0 Å². The van der Waals surface area contributed by atoms with Gasteiger partial charge in [-0.25, -0.2) is 4.98 Å². The monoisotopic (exact) mass is 320 g/mol. The number of pyridine rings is 1. The van der Waals surface area contributed by atoms with E-state index in [1.807, 2.05) is 52.0 Å². The van der Waals surface area contributed by atoms with Gasteiger partial charge in [-0.2, -0.15) is 0 Å². The summed E-state index contributed by atoms with van der Waals surface area (Å²) in [6.45, 7) is 3.05. The fraction of sp³-hybridized carbons (Fsp3) is 0.263. The van der Waals surface area contributed by atoms with Gasteiger partial charge in [0.15, 0.2) is 0 Å². The fourth-order valence-corrected chi connectivity index (χ4v) is 3.35. The van der Waals surface area contributed by atoms with Crippen LogP contribution in [0.1, 0.15) is 23.7 Å². The number of benzene rings is 1. The minimum Gasteiger partial charge on any atom is -0.373 e. The molecule has 3 heterocycles. The summed E-state index contributed by atoms with van der Waals surface area (Å²) in [6, 6.07) is 12.0. The molecule has 0 saturated carbocycles. The van der Waals surface area contributed by atoms with Crippen molar-refractivity contribution in [3.63, 3.8) is 0 Å². The average molecular weight is 320 g/mol. The smallest absolute Gasteiger partial charge is 0.260 e. The van der Waals surface area contributed by atoms with E-state index in [0.717, 1.165) is 30.0 Å². The molecule has 5 nitrogen and oxygen atoms in total. The number of imidazole rings is 1. The molecule has 1 amide bonds. The molecule has 24 heavy (non-hydrogen) atoms. The van der Waals surface area contributed by atoms with E-state index in [9.17, 15) is 4.79 Å². The van der Waals surface area contributed by atoms with E-state index in [0.29, 0.717) is 5.56 Å². The van der Waals surface area contributed by atoms with E-state index < -0.39 is 0 Å². The van der Waals surface area contributed by atoms with Crippen LogP contribution in [0.25, 0.3) is 5.65 Å². The van der Waals surface area contributed by atoms with Gasteiger partial charge in [-0.05, 0) is 37.6 Å². The Morgan fingerprint density at radius 3 is 2.79 bits per heavy atom. The molecule has 122 valence electrons. The van der Waals surface area contributed by atoms with Gasteiger partial charge in [0.05, 0.1) is 16.9 Å². The first-order valence-electron chi connectivity index (χ1n) is 8.21. The Hall–Kier alpha value is -2.82. The Morgan fingerprint density at radius 2 is 1.96 bits per heavy atom. The Balaban J connectivity index is 1.80. The third-order valence-electron chi connectivity index (χ3n) is 4.73. The first kappa shape index (κ1) is 14.8. The highest BCUT2D eigenvalue weighted by Gasteiger charge is 2.29. The number of aromatic nitrogens is 2. The van der Waals surface area contributed by atoms with E-state index in [1.54, 1.807) is 6.20 Å². The molecule has 1 atom stereocenters. The van der Waals surface area contributed by atoms with Crippen molar-refractivity contribution in [1.82, 2.24) is 9.38 Å². The number of fused-ring (bicyclic) bond motifs is 2. The summed E-state index contributed by atoms with van der Waals surface area (Å²) in [4.78, 5) is 21.7. The molecule has 0 fully saturated rings. The van der Waals surface area contributed by atoms with Crippen LogP contribution in [0.5, 0.6) is 0 Å². The van der Waals surface area contributed by atoms with Gasteiger partial charge in [-0.15, -0.1) is 0 Å².